The molecular weight excluding hydrogens is 536 g/mol. The lowest BCUT2D eigenvalue weighted by Gasteiger charge is -2.37. The highest BCUT2D eigenvalue weighted by atomic mass is 19.1. The molecule has 1 aliphatic rings. The van der Waals surface area contributed by atoms with Crippen molar-refractivity contribution in [2.24, 2.45) is 0 Å². The van der Waals surface area contributed by atoms with E-state index in [-0.39, 0.29) is 35.3 Å². The van der Waals surface area contributed by atoms with Gasteiger partial charge in [0.25, 0.3) is 0 Å². The fourth-order valence-electron chi connectivity index (χ4n) is 4.29. The van der Waals surface area contributed by atoms with Crippen molar-refractivity contribution in [3.05, 3.63) is 59.4 Å². The number of ether oxygens (including phenoxy) is 4. The van der Waals surface area contributed by atoms with Crippen molar-refractivity contribution in [1.82, 2.24) is 14.9 Å². The van der Waals surface area contributed by atoms with Crippen LogP contribution in [0.1, 0.15) is 31.9 Å². The number of benzene rings is 2. The van der Waals surface area contributed by atoms with Gasteiger partial charge in [-0.25, -0.2) is 23.5 Å². The predicted molar refractivity (Wildman–Crippen MR) is 150 cm³/mol. The number of rotatable bonds is 8. The van der Waals surface area contributed by atoms with Crippen LogP contribution in [0.3, 0.4) is 0 Å². The molecule has 0 radical (unpaired) electrons. The van der Waals surface area contributed by atoms with Gasteiger partial charge in [-0.3, -0.25) is 0 Å². The number of anilines is 3. The van der Waals surface area contributed by atoms with Gasteiger partial charge < -0.3 is 34.1 Å². The zero-order chi connectivity index (χ0) is 29.7. The van der Waals surface area contributed by atoms with E-state index in [0.29, 0.717) is 43.6 Å². The lowest BCUT2D eigenvalue weighted by molar-refractivity contribution is 0.0240. The fraction of sp³-hybridized carbons (Fsp3) is 0.414. The molecule has 1 amide bonds. The highest BCUT2D eigenvalue weighted by Gasteiger charge is 2.27. The number of carbonyl (C=O) groups is 1. The van der Waals surface area contributed by atoms with Crippen molar-refractivity contribution in [3.63, 3.8) is 0 Å². The van der Waals surface area contributed by atoms with Crippen LogP contribution in [-0.2, 0) is 11.3 Å². The van der Waals surface area contributed by atoms with E-state index >= 15 is 0 Å². The molecule has 4 rings (SSSR count). The summed E-state index contributed by atoms with van der Waals surface area (Å²) >= 11 is 0. The van der Waals surface area contributed by atoms with E-state index in [1.54, 1.807) is 12.0 Å². The summed E-state index contributed by atoms with van der Waals surface area (Å²) in [5.41, 5.74) is 1.08. The minimum Gasteiger partial charge on any atom is -0.495 e. The number of halogens is 2. The maximum Gasteiger partial charge on any atom is 0.410 e. The number of piperazine rings is 1. The number of aryl methyl sites for hydroxylation is 1. The quantitative estimate of drug-likeness (QED) is 0.378. The number of carbonyl (C=O) groups excluding carboxylic acids is 1. The second-order valence-corrected chi connectivity index (χ2v) is 10.5. The van der Waals surface area contributed by atoms with Crippen LogP contribution < -0.4 is 24.4 Å². The Hall–Kier alpha value is -4.35. The van der Waals surface area contributed by atoms with E-state index in [1.807, 2.05) is 39.0 Å². The third-order valence-corrected chi connectivity index (χ3v) is 6.38. The molecule has 2 aromatic carbocycles. The maximum absolute atomic E-state index is 14.5. The molecule has 1 saturated heterocycles. The average molecular weight is 572 g/mol. The molecular formula is C29H35F2N5O5. The molecule has 1 aromatic heterocycles. The molecule has 0 aliphatic carbocycles. The van der Waals surface area contributed by atoms with Gasteiger partial charge in [0.15, 0.2) is 17.3 Å². The van der Waals surface area contributed by atoms with Crippen LogP contribution in [0.25, 0.3) is 0 Å². The number of methoxy groups -OCH3 is 2. The molecule has 0 unspecified atom stereocenters. The topological polar surface area (TPSA) is 98.3 Å². The molecule has 12 heteroatoms. The predicted octanol–water partition coefficient (Wildman–Crippen LogP) is 5.46. The van der Waals surface area contributed by atoms with Crippen LogP contribution in [0.5, 0.6) is 17.2 Å². The van der Waals surface area contributed by atoms with Crippen molar-refractivity contribution >= 4 is 23.4 Å². The van der Waals surface area contributed by atoms with Crippen molar-refractivity contribution in [2.45, 2.75) is 39.9 Å². The van der Waals surface area contributed by atoms with E-state index < -0.39 is 17.2 Å². The van der Waals surface area contributed by atoms with E-state index in [0.717, 1.165) is 5.69 Å². The van der Waals surface area contributed by atoms with Gasteiger partial charge in [0.05, 0.1) is 37.9 Å². The Balaban J connectivity index is 1.36. The lowest BCUT2D eigenvalue weighted by atomic mass is 10.1. The van der Waals surface area contributed by atoms with Crippen molar-refractivity contribution in [3.8, 4) is 17.2 Å². The Labute approximate surface area is 238 Å². The molecule has 1 N–H and O–H groups in total. The van der Waals surface area contributed by atoms with E-state index in [1.165, 1.54) is 32.5 Å². The third-order valence-electron chi connectivity index (χ3n) is 6.38. The van der Waals surface area contributed by atoms with Crippen LogP contribution in [0.4, 0.5) is 30.9 Å². The molecule has 0 bridgehead atoms. The second kappa shape index (κ2) is 12.4. The normalized spacial score (nSPS) is 13.6. The zero-order valence-electron chi connectivity index (χ0n) is 24.1. The Bertz CT molecular complexity index is 1370. The smallest absolute Gasteiger partial charge is 0.410 e. The van der Waals surface area contributed by atoms with Crippen LogP contribution in [0.2, 0.25) is 0 Å². The Morgan fingerprint density at radius 3 is 2.24 bits per heavy atom. The number of hydrogen-bond acceptors (Lipinski definition) is 9. The number of nitrogens with zero attached hydrogens (tertiary/aromatic N) is 4. The Kier molecular flexibility index (Phi) is 8.99. The molecule has 41 heavy (non-hydrogen) atoms. The largest absolute Gasteiger partial charge is 0.495 e. The molecule has 0 saturated carbocycles. The van der Waals surface area contributed by atoms with Crippen molar-refractivity contribution in [2.75, 3.05) is 50.6 Å². The van der Waals surface area contributed by atoms with E-state index in [2.05, 4.69) is 20.2 Å². The Morgan fingerprint density at radius 2 is 1.63 bits per heavy atom. The number of hydrogen-bond donors (Lipinski definition) is 1. The fourth-order valence-corrected chi connectivity index (χ4v) is 4.29. The molecule has 2 heterocycles. The lowest BCUT2D eigenvalue weighted by Crippen LogP contribution is -2.50. The Morgan fingerprint density at radius 1 is 0.976 bits per heavy atom. The average Bonchev–Trinajstić information content (AvgIpc) is 2.95. The number of nitrogens with one attached hydrogen (secondary N) is 1. The summed E-state index contributed by atoms with van der Waals surface area (Å²) in [6.45, 7) is 9.08. The van der Waals surface area contributed by atoms with Gasteiger partial charge >= 0.3 is 6.09 Å². The molecule has 220 valence electrons. The summed E-state index contributed by atoms with van der Waals surface area (Å²) in [5, 5.41) is 3.11. The van der Waals surface area contributed by atoms with Crippen LogP contribution in [-0.4, -0.2) is 67.0 Å². The molecule has 10 nitrogen and oxygen atoms in total. The summed E-state index contributed by atoms with van der Waals surface area (Å²) in [6.07, 6.45) is 2.51. The molecule has 1 fully saturated rings. The van der Waals surface area contributed by atoms with Gasteiger partial charge in [-0.2, -0.15) is 0 Å². The zero-order valence-corrected chi connectivity index (χ0v) is 24.1. The second-order valence-electron chi connectivity index (χ2n) is 10.5. The van der Waals surface area contributed by atoms with Crippen LogP contribution in [0, 0.1) is 18.6 Å². The summed E-state index contributed by atoms with van der Waals surface area (Å²) < 4.78 is 50.6. The summed E-state index contributed by atoms with van der Waals surface area (Å²) in [7, 11) is 2.91. The van der Waals surface area contributed by atoms with Gasteiger partial charge in [0.2, 0.25) is 5.95 Å². The third kappa shape index (κ3) is 7.24. The highest BCUT2D eigenvalue weighted by Crippen LogP contribution is 2.33. The molecule has 3 aromatic rings. The van der Waals surface area contributed by atoms with E-state index in [4.69, 9.17) is 18.9 Å². The minimum atomic E-state index is -0.808. The van der Waals surface area contributed by atoms with E-state index in [9.17, 15) is 13.6 Å². The summed E-state index contributed by atoms with van der Waals surface area (Å²) in [6, 6.07) is 6.94. The first-order valence-corrected chi connectivity index (χ1v) is 13.1. The monoisotopic (exact) mass is 571 g/mol. The van der Waals surface area contributed by atoms with Gasteiger partial charge in [-0.15, -0.1) is 0 Å². The van der Waals surface area contributed by atoms with Crippen LogP contribution in [0.15, 0.2) is 36.7 Å². The first-order chi connectivity index (χ1) is 19.5. The van der Waals surface area contributed by atoms with Crippen molar-refractivity contribution < 1.29 is 32.5 Å². The number of amides is 1. The van der Waals surface area contributed by atoms with Gasteiger partial charge in [0.1, 0.15) is 23.8 Å². The van der Waals surface area contributed by atoms with Gasteiger partial charge in [0, 0.05) is 37.9 Å². The molecule has 0 atom stereocenters. The summed E-state index contributed by atoms with van der Waals surface area (Å²) in [5.74, 6) is -0.357. The van der Waals surface area contributed by atoms with Gasteiger partial charge in [-0.1, -0.05) is 0 Å². The van der Waals surface area contributed by atoms with Gasteiger partial charge in [-0.05, 0) is 51.5 Å². The molecule has 1 aliphatic heterocycles. The maximum atomic E-state index is 14.5. The first-order valence-electron chi connectivity index (χ1n) is 13.1. The standard InChI is InChI=1S/C29H35F2N5O5/c1-18-13-24(39-6)26(31)21(25(18)30)17-40-20-15-32-27(33-16-20)34-19-7-8-22(23(14-19)38-5)35-9-11-36(12-10-35)28(37)41-29(2,3)4/h7-8,13-16H,9-12,17H2,1-6H3,(H,32,33,34). The van der Waals surface area contributed by atoms with Crippen molar-refractivity contribution in [1.29, 1.82) is 0 Å². The highest BCUT2D eigenvalue weighted by molar-refractivity contribution is 5.70. The van der Waals surface area contributed by atoms with Crippen LogP contribution >= 0.6 is 0 Å². The minimum absolute atomic E-state index is 0.0530. The molecule has 0 spiro atoms. The summed E-state index contributed by atoms with van der Waals surface area (Å²) in [4.78, 5) is 24.7. The number of aromatic nitrogens is 2. The first kappa shape index (κ1) is 29.6. The SMILES string of the molecule is COc1cc(Nc2ncc(OCc3c(F)c(C)cc(OC)c3F)cn2)ccc1N1CCN(C(=O)OC(C)(C)C)CC1.